The molecule has 2 nitrogen and oxygen atoms in total. The van der Waals surface area contributed by atoms with Crippen molar-refractivity contribution in [3.05, 3.63) is 70.8 Å². The molecule has 4 heteroatoms. The summed E-state index contributed by atoms with van der Waals surface area (Å²) in [5, 5.41) is 9.34. The molecule has 0 saturated carbocycles. The van der Waals surface area contributed by atoms with E-state index in [1.54, 1.807) is 25.1 Å². The smallest absolute Gasteiger partial charge is 0.307 e. The highest BCUT2D eigenvalue weighted by Gasteiger charge is 2.20. The molecule has 110 valence electrons. The average molecular weight is 290 g/mol. The van der Waals surface area contributed by atoms with Crippen LogP contribution in [0.15, 0.2) is 42.5 Å². The number of benzene rings is 2. The summed E-state index contributed by atoms with van der Waals surface area (Å²) in [6.45, 7) is 1.75. The summed E-state index contributed by atoms with van der Waals surface area (Å²) in [5.74, 6) is -2.33. The first-order valence-corrected chi connectivity index (χ1v) is 6.68. The molecule has 2 aromatic rings. The van der Waals surface area contributed by atoms with Gasteiger partial charge < -0.3 is 5.11 Å². The van der Waals surface area contributed by atoms with Crippen molar-refractivity contribution in [3.8, 4) is 0 Å². The number of halogens is 2. The molecule has 0 saturated heterocycles. The molecule has 21 heavy (non-hydrogen) atoms. The van der Waals surface area contributed by atoms with E-state index in [0.29, 0.717) is 5.56 Å². The topological polar surface area (TPSA) is 37.3 Å². The monoisotopic (exact) mass is 290 g/mol. The van der Waals surface area contributed by atoms with Crippen molar-refractivity contribution in [1.82, 2.24) is 0 Å². The summed E-state index contributed by atoms with van der Waals surface area (Å²) in [5.41, 5.74) is 2.16. The molecule has 1 unspecified atom stereocenters. The van der Waals surface area contributed by atoms with Gasteiger partial charge in [-0.1, -0.05) is 18.2 Å². The molecule has 0 fully saturated rings. The van der Waals surface area contributed by atoms with Gasteiger partial charge in [0.1, 0.15) is 11.6 Å². The van der Waals surface area contributed by atoms with Crippen LogP contribution in [-0.2, 0) is 17.6 Å². The first-order valence-electron chi connectivity index (χ1n) is 6.68. The molecule has 1 atom stereocenters. The molecule has 0 radical (unpaired) electrons. The Kier molecular flexibility index (Phi) is 4.68. The second-order valence-electron chi connectivity index (χ2n) is 5.14. The summed E-state index contributed by atoms with van der Waals surface area (Å²) in [6, 6.07) is 10.2. The van der Waals surface area contributed by atoms with Gasteiger partial charge >= 0.3 is 5.97 Å². The van der Waals surface area contributed by atoms with Crippen LogP contribution in [0.5, 0.6) is 0 Å². The van der Waals surface area contributed by atoms with Crippen LogP contribution < -0.4 is 0 Å². The minimum absolute atomic E-state index is 0.240. The van der Waals surface area contributed by atoms with E-state index < -0.39 is 11.9 Å². The molecular weight excluding hydrogens is 274 g/mol. The summed E-state index contributed by atoms with van der Waals surface area (Å²) in [6.07, 6.45) is 0.530. The largest absolute Gasteiger partial charge is 0.481 e. The molecule has 2 rings (SSSR count). The van der Waals surface area contributed by atoms with Gasteiger partial charge in [-0.05, 0) is 60.7 Å². The molecule has 0 spiro atoms. The van der Waals surface area contributed by atoms with Crippen LogP contribution in [0.3, 0.4) is 0 Å². The quantitative estimate of drug-likeness (QED) is 0.910. The van der Waals surface area contributed by atoms with E-state index in [-0.39, 0.29) is 24.5 Å². The number of hydrogen-bond acceptors (Lipinski definition) is 1. The number of carbonyl (C=O) groups is 1. The maximum atomic E-state index is 13.2. The van der Waals surface area contributed by atoms with Gasteiger partial charge in [-0.25, -0.2) is 8.78 Å². The zero-order valence-electron chi connectivity index (χ0n) is 11.6. The highest BCUT2D eigenvalue weighted by Crippen LogP contribution is 2.19. The molecule has 0 aliphatic rings. The van der Waals surface area contributed by atoms with Gasteiger partial charge in [0.2, 0.25) is 0 Å². The van der Waals surface area contributed by atoms with E-state index in [1.165, 1.54) is 24.3 Å². The van der Waals surface area contributed by atoms with E-state index in [0.717, 1.165) is 11.1 Å². The summed E-state index contributed by atoms with van der Waals surface area (Å²) >= 11 is 0. The molecule has 0 aromatic heterocycles. The molecule has 0 aliphatic heterocycles. The van der Waals surface area contributed by atoms with Gasteiger partial charge in [-0.3, -0.25) is 4.79 Å². The molecule has 2 aromatic carbocycles. The zero-order chi connectivity index (χ0) is 15.4. The molecule has 0 heterocycles. The van der Waals surface area contributed by atoms with E-state index >= 15 is 0 Å². The second kappa shape index (κ2) is 6.48. The van der Waals surface area contributed by atoms with Crippen LogP contribution in [0.2, 0.25) is 0 Å². The van der Waals surface area contributed by atoms with Crippen molar-refractivity contribution in [2.75, 3.05) is 0 Å². The molecule has 0 aliphatic carbocycles. The Labute approximate surface area is 122 Å². The lowest BCUT2D eigenvalue weighted by molar-refractivity contribution is -0.141. The lowest BCUT2D eigenvalue weighted by Crippen LogP contribution is -2.19. The molecular formula is C17H16F2O2. The molecule has 1 N–H and O–H groups in total. The Hall–Kier alpha value is -2.23. The number of carboxylic acid groups (broad SMARTS) is 1. The van der Waals surface area contributed by atoms with Crippen molar-refractivity contribution in [2.24, 2.45) is 5.92 Å². The maximum absolute atomic E-state index is 13.2. The summed E-state index contributed by atoms with van der Waals surface area (Å²) in [4.78, 5) is 11.4. The van der Waals surface area contributed by atoms with Crippen LogP contribution in [0.1, 0.15) is 16.7 Å². The molecule has 0 bridgehead atoms. The predicted octanol–water partition coefficient (Wildman–Crippen LogP) is 3.76. The van der Waals surface area contributed by atoms with E-state index in [4.69, 9.17) is 0 Å². The Morgan fingerprint density at radius 1 is 1.10 bits per heavy atom. The first kappa shape index (κ1) is 15.2. The van der Waals surface area contributed by atoms with E-state index in [2.05, 4.69) is 0 Å². The van der Waals surface area contributed by atoms with Gasteiger partial charge in [-0.2, -0.15) is 0 Å². The van der Waals surface area contributed by atoms with Gasteiger partial charge in [0.15, 0.2) is 0 Å². The Morgan fingerprint density at radius 2 is 1.81 bits per heavy atom. The van der Waals surface area contributed by atoms with Gasteiger partial charge in [0.05, 0.1) is 5.92 Å². The zero-order valence-corrected chi connectivity index (χ0v) is 11.6. The van der Waals surface area contributed by atoms with Crippen molar-refractivity contribution in [2.45, 2.75) is 19.8 Å². The van der Waals surface area contributed by atoms with E-state index in [9.17, 15) is 18.7 Å². The number of carboxylic acids is 1. The lowest BCUT2D eigenvalue weighted by atomic mass is 9.91. The Bertz CT molecular complexity index is 653. The minimum atomic E-state index is -0.942. The average Bonchev–Trinajstić information content (AvgIpc) is 2.40. The van der Waals surface area contributed by atoms with Crippen LogP contribution in [-0.4, -0.2) is 11.1 Å². The fraction of sp³-hybridized carbons (Fsp3) is 0.235. The van der Waals surface area contributed by atoms with Crippen molar-refractivity contribution in [3.63, 3.8) is 0 Å². The van der Waals surface area contributed by atoms with Crippen molar-refractivity contribution < 1.29 is 18.7 Å². The third kappa shape index (κ3) is 4.12. The second-order valence-corrected chi connectivity index (χ2v) is 5.14. The molecule has 0 amide bonds. The summed E-state index contributed by atoms with van der Waals surface area (Å²) < 4.78 is 26.2. The number of aliphatic carboxylic acids is 1. The first-order chi connectivity index (χ1) is 9.95. The highest BCUT2D eigenvalue weighted by molar-refractivity contribution is 5.71. The predicted molar refractivity (Wildman–Crippen MR) is 76.1 cm³/mol. The highest BCUT2D eigenvalue weighted by atomic mass is 19.1. The maximum Gasteiger partial charge on any atom is 0.307 e. The van der Waals surface area contributed by atoms with Gasteiger partial charge in [0, 0.05) is 0 Å². The van der Waals surface area contributed by atoms with Crippen LogP contribution in [0.4, 0.5) is 8.78 Å². The Morgan fingerprint density at radius 3 is 2.43 bits per heavy atom. The van der Waals surface area contributed by atoms with Crippen LogP contribution >= 0.6 is 0 Å². The number of rotatable bonds is 5. The Balaban J connectivity index is 2.18. The van der Waals surface area contributed by atoms with Crippen molar-refractivity contribution in [1.29, 1.82) is 0 Å². The minimum Gasteiger partial charge on any atom is -0.481 e. The fourth-order valence-electron chi connectivity index (χ4n) is 2.35. The van der Waals surface area contributed by atoms with Crippen LogP contribution in [0.25, 0.3) is 0 Å². The van der Waals surface area contributed by atoms with Gasteiger partial charge in [-0.15, -0.1) is 0 Å². The normalized spacial score (nSPS) is 12.1. The third-order valence-corrected chi connectivity index (χ3v) is 3.49. The van der Waals surface area contributed by atoms with E-state index in [1.807, 2.05) is 0 Å². The van der Waals surface area contributed by atoms with Gasteiger partial charge in [0.25, 0.3) is 0 Å². The summed E-state index contributed by atoms with van der Waals surface area (Å²) in [7, 11) is 0. The van der Waals surface area contributed by atoms with Crippen molar-refractivity contribution >= 4 is 5.97 Å². The SMILES string of the molecule is Cc1cc(F)ccc1CC(Cc1cccc(F)c1)C(=O)O. The fourth-order valence-corrected chi connectivity index (χ4v) is 2.35. The number of aryl methyl sites for hydroxylation is 1. The standard InChI is InChI=1S/C17H16F2O2/c1-11-7-16(19)6-5-13(11)10-14(17(20)21)8-12-3-2-4-15(18)9-12/h2-7,9,14H,8,10H2,1H3,(H,20,21). The van der Waals surface area contributed by atoms with Crippen LogP contribution in [0, 0.1) is 24.5 Å². The number of hydrogen-bond donors (Lipinski definition) is 1. The third-order valence-electron chi connectivity index (χ3n) is 3.49. The lowest BCUT2D eigenvalue weighted by Gasteiger charge is -2.14.